The maximum Gasteiger partial charge on any atom is 0.160 e. The number of hydrogen-bond donors (Lipinski definition) is 2. The molecule has 3 rings (SSSR count). The van der Waals surface area contributed by atoms with E-state index in [9.17, 15) is 4.79 Å². The number of aryl methyl sites for hydroxylation is 2. The summed E-state index contributed by atoms with van der Waals surface area (Å²) in [6, 6.07) is 9.97. The van der Waals surface area contributed by atoms with Crippen LogP contribution in [0.2, 0.25) is 0 Å². The standard InChI is InChI=1S/C21H26N4O/c1-15(26)18-9-8-16(13-19(18)17-10-12-23-14-17)5-2-3-6-20-21(25-22)7-4-11-24-20/h4,7-9,11,13,17,22-23H,2-3,5-6,10,12,14H2,1H3. The van der Waals surface area contributed by atoms with Gasteiger partial charge in [-0.15, -0.1) is 0 Å². The fourth-order valence-corrected chi connectivity index (χ4v) is 3.69. The van der Waals surface area contributed by atoms with Crippen molar-refractivity contribution in [3.63, 3.8) is 0 Å². The van der Waals surface area contributed by atoms with Gasteiger partial charge in [-0.1, -0.05) is 18.2 Å². The van der Waals surface area contributed by atoms with Crippen LogP contribution in [-0.4, -0.2) is 23.9 Å². The van der Waals surface area contributed by atoms with Crippen LogP contribution in [0, 0.1) is 5.53 Å². The van der Waals surface area contributed by atoms with Crippen LogP contribution in [0.5, 0.6) is 0 Å². The summed E-state index contributed by atoms with van der Waals surface area (Å²) in [6.45, 7) is 3.64. The lowest BCUT2D eigenvalue weighted by Gasteiger charge is -2.15. The zero-order valence-corrected chi connectivity index (χ0v) is 15.3. The average Bonchev–Trinajstić information content (AvgIpc) is 3.20. The molecule has 2 heterocycles. The molecule has 0 amide bonds. The van der Waals surface area contributed by atoms with Crippen molar-refractivity contribution in [2.75, 3.05) is 13.1 Å². The van der Waals surface area contributed by atoms with Crippen LogP contribution in [0.3, 0.4) is 0 Å². The Hall–Kier alpha value is -2.40. The van der Waals surface area contributed by atoms with Gasteiger partial charge in [0, 0.05) is 18.3 Å². The van der Waals surface area contributed by atoms with E-state index >= 15 is 0 Å². The first-order chi connectivity index (χ1) is 12.7. The SMILES string of the molecule is CC(=O)c1ccc(CCCCc2ncccc2N=N)cc1C1CCNC1. The normalized spacial score (nSPS) is 16.6. The van der Waals surface area contributed by atoms with Crippen molar-refractivity contribution >= 4 is 11.5 Å². The number of carbonyl (C=O) groups is 1. The van der Waals surface area contributed by atoms with Crippen LogP contribution in [0.15, 0.2) is 41.6 Å². The molecule has 1 unspecified atom stereocenters. The number of nitrogens with zero attached hydrogens (tertiary/aromatic N) is 2. The van der Waals surface area contributed by atoms with Gasteiger partial charge in [0.1, 0.15) is 5.69 Å². The molecule has 136 valence electrons. The number of unbranched alkanes of at least 4 members (excludes halogenated alkanes) is 1. The van der Waals surface area contributed by atoms with E-state index in [0.717, 1.165) is 56.5 Å². The number of hydrogen-bond acceptors (Lipinski definition) is 5. The second-order valence-electron chi connectivity index (χ2n) is 6.96. The van der Waals surface area contributed by atoms with Gasteiger partial charge >= 0.3 is 0 Å². The van der Waals surface area contributed by atoms with Crippen LogP contribution >= 0.6 is 0 Å². The molecule has 2 aromatic rings. The van der Waals surface area contributed by atoms with Gasteiger partial charge in [0.2, 0.25) is 0 Å². The molecule has 26 heavy (non-hydrogen) atoms. The van der Waals surface area contributed by atoms with Crippen molar-refractivity contribution < 1.29 is 4.79 Å². The quantitative estimate of drug-likeness (QED) is 0.415. The largest absolute Gasteiger partial charge is 0.316 e. The Bertz CT molecular complexity index is 781. The molecule has 1 saturated heterocycles. The van der Waals surface area contributed by atoms with Gasteiger partial charge in [0.25, 0.3) is 0 Å². The van der Waals surface area contributed by atoms with E-state index in [1.807, 2.05) is 18.2 Å². The van der Waals surface area contributed by atoms with E-state index in [-0.39, 0.29) is 5.78 Å². The smallest absolute Gasteiger partial charge is 0.160 e. The molecular formula is C21H26N4O. The number of Topliss-reactive ketones (excluding diaryl/α,β-unsaturated/α-hetero) is 1. The molecule has 0 aliphatic carbocycles. The lowest BCUT2D eigenvalue weighted by molar-refractivity contribution is 0.101. The van der Waals surface area contributed by atoms with Crippen LogP contribution in [0.1, 0.15) is 59.3 Å². The van der Waals surface area contributed by atoms with E-state index in [4.69, 9.17) is 5.53 Å². The van der Waals surface area contributed by atoms with Gasteiger partial charge in [-0.25, -0.2) is 5.53 Å². The molecule has 1 aliphatic heterocycles. The van der Waals surface area contributed by atoms with E-state index in [1.54, 1.807) is 13.1 Å². The molecule has 1 aromatic heterocycles. The summed E-state index contributed by atoms with van der Waals surface area (Å²) >= 11 is 0. The zero-order valence-electron chi connectivity index (χ0n) is 15.3. The second kappa shape index (κ2) is 8.81. The summed E-state index contributed by atoms with van der Waals surface area (Å²) in [6.07, 6.45) is 6.74. The lowest BCUT2D eigenvalue weighted by Crippen LogP contribution is -2.11. The summed E-state index contributed by atoms with van der Waals surface area (Å²) in [7, 11) is 0. The number of rotatable bonds is 8. The number of carbonyl (C=O) groups excluding carboxylic acids is 1. The average molecular weight is 350 g/mol. The Kier molecular flexibility index (Phi) is 6.23. The van der Waals surface area contributed by atoms with Gasteiger partial charge in [-0.2, -0.15) is 5.11 Å². The molecule has 5 nitrogen and oxygen atoms in total. The van der Waals surface area contributed by atoms with Crippen LogP contribution in [0.4, 0.5) is 5.69 Å². The third kappa shape index (κ3) is 4.41. The third-order valence-corrected chi connectivity index (χ3v) is 5.11. The molecule has 2 N–H and O–H groups in total. The Labute approximate surface area is 154 Å². The summed E-state index contributed by atoms with van der Waals surface area (Å²) in [4.78, 5) is 16.3. The highest BCUT2D eigenvalue weighted by molar-refractivity contribution is 5.95. The second-order valence-corrected chi connectivity index (χ2v) is 6.96. The lowest BCUT2D eigenvalue weighted by atomic mass is 9.89. The minimum Gasteiger partial charge on any atom is -0.316 e. The van der Waals surface area contributed by atoms with E-state index in [1.165, 1.54) is 11.1 Å². The fourth-order valence-electron chi connectivity index (χ4n) is 3.69. The Morgan fingerprint density at radius 3 is 2.88 bits per heavy atom. The Morgan fingerprint density at radius 1 is 1.31 bits per heavy atom. The molecule has 1 aromatic carbocycles. The number of aromatic nitrogens is 1. The molecule has 1 atom stereocenters. The third-order valence-electron chi connectivity index (χ3n) is 5.11. The first-order valence-corrected chi connectivity index (χ1v) is 9.35. The minimum atomic E-state index is 0.153. The van der Waals surface area contributed by atoms with Gasteiger partial charge in [0.05, 0.1) is 5.69 Å². The Morgan fingerprint density at radius 2 is 2.15 bits per heavy atom. The number of pyridine rings is 1. The molecule has 0 spiro atoms. The van der Waals surface area contributed by atoms with Gasteiger partial charge in [-0.05, 0) is 74.8 Å². The maximum atomic E-state index is 12.0. The van der Waals surface area contributed by atoms with Crippen LogP contribution < -0.4 is 5.32 Å². The van der Waals surface area contributed by atoms with Crippen molar-refractivity contribution in [1.29, 1.82) is 5.53 Å². The first kappa shape index (κ1) is 18.4. The van der Waals surface area contributed by atoms with E-state index < -0.39 is 0 Å². The highest BCUT2D eigenvalue weighted by Gasteiger charge is 2.21. The van der Waals surface area contributed by atoms with Gasteiger partial charge in [-0.3, -0.25) is 9.78 Å². The van der Waals surface area contributed by atoms with Gasteiger partial charge in [0.15, 0.2) is 5.78 Å². The van der Waals surface area contributed by atoms with Crippen molar-refractivity contribution in [1.82, 2.24) is 10.3 Å². The van der Waals surface area contributed by atoms with Crippen molar-refractivity contribution in [3.05, 3.63) is 58.9 Å². The van der Waals surface area contributed by atoms with Gasteiger partial charge < -0.3 is 5.32 Å². The predicted molar refractivity (Wildman–Crippen MR) is 102 cm³/mol. The molecule has 5 heteroatoms. The number of benzene rings is 1. The summed E-state index contributed by atoms with van der Waals surface area (Å²) in [5, 5.41) is 6.93. The summed E-state index contributed by atoms with van der Waals surface area (Å²) < 4.78 is 0. The number of nitrogens with one attached hydrogen (secondary N) is 2. The predicted octanol–water partition coefficient (Wildman–Crippen LogP) is 4.59. The van der Waals surface area contributed by atoms with Crippen LogP contribution in [-0.2, 0) is 12.8 Å². The Balaban J connectivity index is 1.62. The maximum absolute atomic E-state index is 12.0. The molecule has 1 aliphatic rings. The zero-order chi connectivity index (χ0) is 18.4. The molecule has 0 saturated carbocycles. The van der Waals surface area contributed by atoms with E-state index in [2.05, 4.69) is 27.5 Å². The monoisotopic (exact) mass is 350 g/mol. The van der Waals surface area contributed by atoms with Crippen LogP contribution in [0.25, 0.3) is 0 Å². The molecule has 0 bridgehead atoms. The molecular weight excluding hydrogens is 324 g/mol. The molecule has 0 radical (unpaired) electrons. The topological polar surface area (TPSA) is 78.2 Å². The molecule has 1 fully saturated rings. The fraction of sp³-hybridized carbons (Fsp3) is 0.429. The first-order valence-electron chi connectivity index (χ1n) is 9.35. The summed E-state index contributed by atoms with van der Waals surface area (Å²) in [5.41, 5.74) is 12.1. The van der Waals surface area contributed by atoms with E-state index in [0.29, 0.717) is 11.6 Å². The van der Waals surface area contributed by atoms with Crippen molar-refractivity contribution in [2.24, 2.45) is 5.11 Å². The van der Waals surface area contributed by atoms with Crippen molar-refractivity contribution in [2.45, 2.75) is 44.9 Å². The summed E-state index contributed by atoms with van der Waals surface area (Å²) in [5.74, 6) is 0.601. The highest BCUT2D eigenvalue weighted by atomic mass is 16.1. The minimum absolute atomic E-state index is 0.153. The highest BCUT2D eigenvalue weighted by Crippen LogP contribution is 2.28. The van der Waals surface area contributed by atoms with Crippen molar-refractivity contribution in [3.8, 4) is 0 Å². The number of ketones is 1.